The van der Waals surface area contributed by atoms with Gasteiger partial charge in [-0.1, -0.05) is 19.0 Å². The number of nitrogens with two attached hydrogens (primary N) is 1. The van der Waals surface area contributed by atoms with E-state index in [2.05, 4.69) is 48.8 Å². The van der Waals surface area contributed by atoms with Gasteiger partial charge in [-0.2, -0.15) is 4.98 Å². The Morgan fingerprint density at radius 2 is 2.05 bits per heavy atom. The van der Waals surface area contributed by atoms with Crippen LogP contribution in [-0.2, 0) is 0 Å². The van der Waals surface area contributed by atoms with Crippen molar-refractivity contribution in [1.29, 1.82) is 0 Å². The molecule has 2 aromatic heterocycles. The zero-order chi connectivity index (χ0) is 14.7. The van der Waals surface area contributed by atoms with Crippen LogP contribution in [-0.4, -0.2) is 34.7 Å². The molecule has 2 rings (SSSR count). The fraction of sp³-hybridized carbons (Fsp3) is 0.571. The third-order valence-electron chi connectivity index (χ3n) is 3.50. The molecule has 0 saturated heterocycles. The van der Waals surface area contributed by atoms with Gasteiger partial charge >= 0.3 is 0 Å². The second-order valence-corrected chi connectivity index (χ2v) is 6.16. The first-order valence-electron chi connectivity index (χ1n) is 6.94. The summed E-state index contributed by atoms with van der Waals surface area (Å²) >= 11 is 1.67. The quantitative estimate of drug-likeness (QED) is 0.887. The van der Waals surface area contributed by atoms with E-state index in [4.69, 9.17) is 10.3 Å². The van der Waals surface area contributed by atoms with Crippen molar-refractivity contribution in [3.63, 3.8) is 0 Å². The van der Waals surface area contributed by atoms with Crippen molar-refractivity contribution in [3.8, 4) is 10.8 Å². The fourth-order valence-corrected chi connectivity index (χ4v) is 2.96. The predicted molar refractivity (Wildman–Crippen MR) is 81.8 cm³/mol. The van der Waals surface area contributed by atoms with Crippen LogP contribution in [0, 0.1) is 13.8 Å². The molecule has 0 aliphatic carbocycles. The van der Waals surface area contributed by atoms with Crippen molar-refractivity contribution in [2.24, 2.45) is 5.73 Å². The van der Waals surface area contributed by atoms with Gasteiger partial charge in [0.2, 0.25) is 0 Å². The fourth-order valence-electron chi connectivity index (χ4n) is 2.01. The topological polar surface area (TPSA) is 68.2 Å². The molecule has 5 nitrogen and oxygen atoms in total. The van der Waals surface area contributed by atoms with Crippen LogP contribution in [0.15, 0.2) is 10.6 Å². The molecule has 0 amide bonds. The van der Waals surface area contributed by atoms with Gasteiger partial charge in [-0.25, -0.2) is 0 Å². The lowest BCUT2D eigenvalue weighted by atomic mass is 10.2. The first-order valence-corrected chi connectivity index (χ1v) is 7.75. The molecule has 0 fully saturated rings. The van der Waals surface area contributed by atoms with E-state index >= 15 is 0 Å². The summed E-state index contributed by atoms with van der Waals surface area (Å²) in [6, 6.07) is 1.86. The van der Waals surface area contributed by atoms with Crippen LogP contribution in [0.2, 0.25) is 0 Å². The van der Waals surface area contributed by atoms with E-state index in [1.54, 1.807) is 11.3 Å². The molecule has 2 N–H and O–H groups in total. The van der Waals surface area contributed by atoms with Crippen LogP contribution in [0.3, 0.4) is 0 Å². The van der Waals surface area contributed by atoms with Gasteiger partial charge in [-0.05, 0) is 38.6 Å². The van der Waals surface area contributed by atoms with Crippen molar-refractivity contribution in [3.05, 3.63) is 22.3 Å². The van der Waals surface area contributed by atoms with Crippen LogP contribution >= 0.6 is 11.3 Å². The minimum Gasteiger partial charge on any atom is -0.333 e. The van der Waals surface area contributed by atoms with Gasteiger partial charge in [0.25, 0.3) is 5.89 Å². The Morgan fingerprint density at radius 1 is 1.35 bits per heavy atom. The number of aryl methyl sites for hydroxylation is 2. The standard InChI is InChI=1S/C14H22N4OS/c1-5-18(6-2)8-11(15)13-16-14(19-17-13)12-7-9(3)10(4)20-12/h7,11H,5-6,8,15H2,1-4H3. The number of nitrogens with zero attached hydrogens (tertiary/aromatic N) is 3. The molecule has 2 heterocycles. The highest BCUT2D eigenvalue weighted by atomic mass is 32.1. The number of hydrogen-bond acceptors (Lipinski definition) is 6. The van der Waals surface area contributed by atoms with Crippen molar-refractivity contribution in [2.45, 2.75) is 33.7 Å². The molecule has 0 aliphatic heterocycles. The molecule has 1 atom stereocenters. The van der Waals surface area contributed by atoms with Crippen LogP contribution in [0.5, 0.6) is 0 Å². The summed E-state index contributed by atoms with van der Waals surface area (Å²) in [5.41, 5.74) is 7.40. The van der Waals surface area contributed by atoms with Crippen LogP contribution in [0.1, 0.15) is 36.2 Å². The Balaban J connectivity index is 2.12. The Kier molecular flexibility index (Phi) is 4.91. The van der Waals surface area contributed by atoms with E-state index in [0.29, 0.717) is 11.7 Å². The highest BCUT2D eigenvalue weighted by Gasteiger charge is 2.18. The lowest BCUT2D eigenvalue weighted by Crippen LogP contribution is -2.32. The van der Waals surface area contributed by atoms with Gasteiger partial charge in [0.1, 0.15) is 0 Å². The summed E-state index contributed by atoms with van der Waals surface area (Å²) in [5.74, 6) is 1.15. The van der Waals surface area contributed by atoms with Crippen molar-refractivity contribution >= 4 is 11.3 Å². The van der Waals surface area contributed by atoms with Crippen LogP contribution < -0.4 is 5.73 Å². The molecule has 20 heavy (non-hydrogen) atoms. The Labute approximate surface area is 123 Å². The van der Waals surface area contributed by atoms with E-state index in [-0.39, 0.29) is 6.04 Å². The molecule has 0 aromatic carbocycles. The average molecular weight is 294 g/mol. The van der Waals surface area contributed by atoms with Gasteiger partial charge in [0.05, 0.1) is 10.9 Å². The molecule has 110 valence electrons. The van der Waals surface area contributed by atoms with Crippen LogP contribution in [0.25, 0.3) is 10.8 Å². The molecular formula is C14H22N4OS. The largest absolute Gasteiger partial charge is 0.333 e. The monoisotopic (exact) mass is 294 g/mol. The summed E-state index contributed by atoms with van der Waals surface area (Å²) in [7, 11) is 0. The molecule has 6 heteroatoms. The molecule has 1 unspecified atom stereocenters. The molecule has 0 aliphatic rings. The first-order chi connectivity index (χ1) is 9.55. The summed E-state index contributed by atoms with van der Waals surface area (Å²) < 4.78 is 5.34. The first kappa shape index (κ1) is 15.2. The predicted octanol–water partition coefficient (Wildman–Crippen LogP) is 2.76. The molecule has 0 spiro atoms. The average Bonchev–Trinajstić information content (AvgIpc) is 3.04. The molecule has 2 aromatic rings. The van der Waals surface area contributed by atoms with Crippen molar-refractivity contribution < 1.29 is 4.52 Å². The zero-order valence-electron chi connectivity index (χ0n) is 12.5. The van der Waals surface area contributed by atoms with E-state index in [1.807, 2.05) is 0 Å². The Hall–Kier alpha value is -1.24. The van der Waals surface area contributed by atoms with E-state index in [0.717, 1.165) is 24.5 Å². The maximum atomic E-state index is 6.15. The van der Waals surface area contributed by atoms with Gasteiger partial charge in [0, 0.05) is 11.4 Å². The minimum absolute atomic E-state index is 0.213. The third kappa shape index (κ3) is 3.26. The summed E-state index contributed by atoms with van der Waals surface area (Å²) in [5, 5.41) is 4.02. The van der Waals surface area contributed by atoms with Crippen LogP contribution in [0.4, 0.5) is 0 Å². The molecule has 0 saturated carbocycles. The summed E-state index contributed by atoms with van der Waals surface area (Å²) in [6.07, 6.45) is 0. The lowest BCUT2D eigenvalue weighted by molar-refractivity contribution is 0.278. The zero-order valence-corrected chi connectivity index (χ0v) is 13.3. The molecule has 0 bridgehead atoms. The minimum atomic E-state index is -0.213. The van der Waals surface area contributed by atoms with E-state index < -0.39 is 0 Å². The van der Waals surface area contributed by atoms with E-state index in [9.17, 15) is 0 Å². The third-order valence-corrected chi connectivity index (χ3v) is 4.64. The van der Waals surface area contributed by atoms with Crippen molar-refractivity contribution in [1.82, 2.24) is 15.0 Å². The Morgan fingerprint density at radius 3 is 2.60 bits per heavy atom. The lowest BCUT2D eigenvalue weighted by Gasteiger charge is -2.20. The molecular weight excluding hydrogens is 272 g/mol. The molecule has 0 radical (unpaired) electrons. The number of rotatable bonds is 6. The maximum Gasteiger partial charge on any atom is 0.268 e. The normalized spacial score (nSPS) is 13.1. The second-order valence-electron chi connectivity index (χ2n) is 4.90. The Bertz CT molecular complexity index is 540. The number of hydrogen-bond donors (Lipinski definition) is 1. The maximum absolute atomic E-state index is 6.15. The van der Waals surface area contributed by atoms with Gasteiger partial charge in [0.15, 0.2) is 5.82 Å². The number of likely N-dealkylation sites (N-methyl/N-ethyl adjacent to an activating group) is 1. The summed E-state index contributed by atoms with van der Waals surface area (Å²) in [6.45, 7) is 11.1. The van der Waals surface area contributed by atoms with E-state index in [1.165, 1.54) is 10.4 Å². The smallest absolute Gasteiger partial charge is 0.268 e. The second kappa shape index (κ2) is 6.47. The highest BCUT2D eigenvalue weighted by Crippen LogP contribution is 2.29. The van der Waals surface area contributed by atoms with Gasteiger partial charge in [-0.3, -0.25) is 0 Å². The van der Waals surface area contributed by atoms with Crippen molar-refractivity contribution in [2.75, 3.05) is 19.6 Å². The number of thiophene rings is 1. The number of aromatic nitrogens is 2. The highest BCUT2D eigenvalue weighted by molar-refractivity contribution is 7.15. The SMILES string of the molecule is CCN(CC)CC(N)c1noc(-c2cc(C)c(C)s2)n1. The van der Waals surface area contributed by atoms with Gasteiger partial charge < -0.3 is 15.2 Å². The van der Waals surface area contributed by atoms with Gasteiger partial charge in [-0.15, -0.1) is 11.3 Å². The summed E-state index contributed by atoms with van der Waals surface area (Å²) in [4.78, 5) is 8.97.